The van der Waals surface area contributed by atoms with Crippen molar-refractivity contribution in [1.82, 2.24) is 19.6 Å². The van der Waals surface area contributed by atoms with Gasteiger partial charge in [-0.1, -0.05) is 72.8 Å². The molecule has 100 heavy (non-hydrogen) atoms. The van der Waals surface area contributed by atoms with Crippen molar-refractivity contribution in [3.63, 3.8) is 0 Å². The first kappa shape index (κ1) is 82.7. The molecule has 0 aromatic heterocycles. The van der Waals surface area contributed by atoms with Gasteiger partial charge >= 0.3 is 23.9 Å². The number of carbonyl (C=O) groups excluding carboxylic acids is 4. The number of benzene rings is 4. The van der Waals surface area contributed by atoms with Crippen LogP contribution in [0.15, 0.2) is 140 Å². The Morgan fingerprint density at radius 2 is 0.510 bits per heavy atom. The Morgan fingerprint density at radius 3 is 0.640 bits per heavy atom. The van der Waals surface area contributed by atoms with Crippen molar-refractivity contribution in [2.75, 3.05) is 51.2 Å². The molecule has 546 valence electrons. The van der Waals surface area contributed by atoms with Gasteiger partial charge in [-0.05, 0) is 63.8 Å². The van der Waals surface area contributed by atoms with Crippen LogP contribution in [0.3, 0.4) is 0 Å². The smallest absolute Gasteiger partial charge is 0.303 e. The number of amides is 4. The largest absolute Gasteiger partial charge is 0.502 e. The molecule has 4 amide bonds. The number of carboxylic acids is 4. The molecule has 4 aliphatic rings. The second-order valence-electron chi connectivity index (χ2n) is 22.7. The van der Waals surface area contributed by atoms with Crippen LogP contribution in [0.4, 0.5) is 17.6 Å². The Morgan fingerprint density at radius 1 is 0.360 bits per heavy atom. The van der Waals surface area contributed by atoms with Gasteiger partial charge in [0.05, 0.1) is 0 Å². The van der Waals surface area contributed by atoms with Crippen LogP contribution >= 0.6 is 0 Å². The summed E-state index contributed by atoms with van der Waals surface area (Å²) in [5, 5.41) is 82.7. The molecule has 0 bridgehead atoms. The van der Waals surface area contributed by atoms with Gasteiger partial charge in [0, 0.05) is 105 Å². The summed E-state index contributed by atoms with van der Waals surface area (Å²) in [6, 6.07) is 16.0. The molecule has 29 nitrogen and oxygen atoms in total. The van der Waals surface area contributed by atoms with E-state index in [1.165, 1.54) is 72.8 Å². The minimum Gasteiger partial charge on any atom is -0.502 e. The van der Waals surface area contributed by atoms with Gasteiger partial charge in [-0.3, -0.25) is 38.4 Å². The van der Waals surface area contributed by atoms with E-state index in [4.69, 9.17) is 25.5 Å². The van der Waals surface area contributed by atoms with Gasteiger partial charge in [-0.15, -0.1) is 0 Å². The maximum Gasteiger partial charge on any atom is 0.303 e. The molecule has 8 rings (SSSR count). The average Bonchev–Trinajstić information content (AvgIpc) is 1.63. The highest BCUT2D eigenvalue weighted by molar-refractivity contribution is 7.95. The number of aliphatic hydroxyl groups is 5. The van der Waals surface area contributed by atoms with Crippen molar-refractivity contribution < 1.29 is 136 Å². The van der Waals surface area contributed by atoms with Crippen LogP contribution in [0.25, 0.3) is 0 Å². The third kappa shape index (κ3) is 21.2. The van der Waals surface area contributed by atoms with E-state index in [0.717, 1.165) is 68.9 Å². The Bertz CT molecular complexity index is 3870. The van der Waals surface area contributed by atoms with Crippen LogP contribution < -0.4 is 0 Å². The number of rotatable bonds is 24. The van der Waals surface area contributed by atoms with E-state index in [-0.39, 0.29) is 106 Å². The molecule has 4 aromatic rings. The van der Waals surface area contributed by atoms with Gasteiger partial charge < -0.3 is 65.6 Å². The lowest BCUT2D eigenvalue weighted by atomic mass is 10.1. The number of nitrogens with zero attached hydrogens (tertiary/aromatic N) is 4. The molecule has 37 heteroatoms. The summed E-state index contributed by atoms with van der Waals surface area (Å²) in [6.45, 7) is 2.92. The van der Waals surface area contributed by atoms with Crippen LogP contribution in [0.1, 0.15) is 112 Å². The van der Waals surface area contributed by atoms with Crippen LogP contribution in [-0.4, -0.2) is 204 Å². The minimum atomic E-state index is -3.99. The predicted molar refractivity (Wildman–Crippen MR) is 346 cm³/mol. The third-order valence-corrected chi connectivity index (χ3v) is 19.4. The zero-order valence-corrected chi connectivity index (χ0v) is 57.4. The zero-order chi connectivity index (χ0) is 75.9. The normalized spacial score (nSPS) is 18.0. The van der Waals surface area contributed by atoms with Gasteiger partial charge in [0.1, 0.15) is 67.1 Å². The van der Waals surface area contributed by atoms with Gasteiger partial charge in [0.2, 0.25) is 0 Å². The molecule has 4 unspecified atom stereocenters. The summed E-state index contributed by atoms with van der Waals surface area (Å²) < 4.78 is 153. The molecule has 0 fully saturated rings. The number of aliphatic hydroxyl groups excluding tert-OH is 5. The van der Waals surface area contributed by atoms with Gasteiger partial charge in [-0.25, -0.2) is 51.2 Å². The molecule has 4 atom stereocenters. The van der Waals surface area contributed by atoms with Gasteiger partial charge in [0.15, 0.2) is 62.4 Å². The van der Waals surface area contributed by atoms with E-state index in [1.807, 2.05) is 0 Å². The van der Waals surface area contributed by atoms with Crippen LogP contribution in [0, 0.1) is 23.3 Å². The highest BCUT2D eigenvalue weighted by Gasteiger charge is 2.49. The van der Waals surface area contributed by atoms with E-state index >= 15 is 0 Å². The van der Waals surface area contributed by atoms with E-state index < -0.39 is 177 Å². The van der Waals surface area contributed by atoms with Crippen LogP contribution in [0.2, 0.25) is 0 Å². The molecule has 4 heterocycles. The summed E-state index contributed by atoms with van der Waals surface area (Å²) in [5.41, 5.74) is -0.312. The van der Waals surface area contributed by atoms with Crippen molar-refractivity contribution in [2.45, 2.75) is 95.5 Å². The highest BCUT2D eigenvalue weighted by Crippen LogP contribution is 2.45. The number of aliphatic carboxylic acids is 4. The van der Waals surface area contributed by atoms with E-state index in [9.17, 15) is 110 Å². The fraction of sp³-hybridized carbons (Fsp3) is 0.365. The number of hydrogen-bond donors (Lipinski definition) is 9. The highest BCUT2D eigenvalue weighted by atomic mass is 32.2. The SMILES string of the molecule is CC(C)O.CS(=O)(=O)C1=C(O)C(=O)N(CCCC(=O)O)C1c1ccccc1F.CS(=O)(=O)C1=C(O)C(=O)N(CCCC(=O)O)C1c1ccccc1F.CS(=O)(=O)C1=C(O)C(=O)N(CCCC(=O)O)C1c1ccccc1F.CS(=O)(=O)C1=C(O)C(=O)N(CCCC(=O)O)C1c1ccccc1F. The van der Waals surface area contributed by atoms with Crippen molar-refractivity contribution in [2.24, 2.45) is 0 Å². The number of halogens is 4. The number of carboxylic acid groups (broad SMARTS) is 4. The molecule has 9 N–H and O–H groups in total. The minimum absolute atomic E-state index is 0.0380. The monoisotopic (exact) mass is 1490 g/mol. The van der Waals surface area contributed by atoms with Crippen LogP contribution in [0.5, 0.6) is 0 Å². The summed E-state index contributed by atoms with van der Waals surface area (Å²) in [4.78, 5) is 93.0. The lowest BCUT2D eigenvalue weighted by molar-refractivity contribution is -0.138. The molecular formula is C63H72F4N4O25S4. The predicted octanol–water partition coefficient (Wildman–Crippen LogP) is 5.94. The molecule has 0 saturated carbocycles. The molecule has 0 saturated heterocycles. The summed E-state index contributed by atoms with van der Waals surface area (Å²) >= 11 is 0. The quantitative estimate of drug-likeness (QED) is 0.0366. The standard InChI is InChI=1S/4C15H16FNO6S.C3H8O/c4*1-24(22,23)14-12(9-5-2-3-6-10(9)16)17(15(21)13(14)20)8-4-7-11(18)19;1-3(2)4/h4*2-3,5-6,12,20H,4,7-8H2,1H3,(H,18,19);3-4H,1-2H3. The summed E-state index contributed by atoms with van der Waals surface area (Å²) in [6.07, 6.45) is 2.28. The first-order valence-electron chi connectivity index (χ1n) is 29.6. The maximum atomic E-state index is 14.1. The van der Waals surface area contributed by atoms with Crippen molar-refractivity contribution in [1.29, 1.82) is 0 Å². The van der Waals surface area contributed by atoms with Gasteiger partial charge in [-0.2, -0.15) is 0 Å². The first-order chi connectivity index (χ1) is 46.3. The maximum absolute atomic E-state index is 14.1. The summed E-state index contributed by atoms with van der Waals surface area (Å²) in [7, 11) is -16.0. The molecule has 0 radical (unpaired) electrons. The van der Waals surface area contributed by atoms with E-state index in [1.54, 1.807) is 13.8 Å². The third-order valence-electron chi connectivity index (χ3n) is 14.6. The summed E-state index contributed by atoms with van der Waals surface area (Å²) in [5.74, 6) is -14.9. The zero-order valence-electron chi connectivity index (χ0n) is 54.1. The number of hydrogen-bond acceptors (Lipinski definition) is 21. The van der Waals surface area contributed by atoms with Crippen LogP contribution in [-0.2, 0) is 77.7 Å². The molecule has 4 aromatic carbocycles. The second-order valence-corrected chi connectivity index (χ2v) is 30.7. The Labute approximate surface area is 571 Å². The fourth-order valence-electron chi connectivity index (χ4n) is 10.6. The van der Waals surface area contributed by atoms with E-state index in [2.05, 4.69) is 0 Å². The molecular weight excluding hydrogens is 1420 g/mol. The average molecular weight is 1490 g/mol. The number of sulfone groups is 4. The fourth-order valence-corrected chi connectivity index (χ4v) is 15.0. The Balaban J connectivity index is 0.000000277. The first-order valence-corrected chi connectivity index (χ1v) is 37.2. The number of carbonyl (C=O) groups is 8. The Hall–Kier alpha value is -9.72. The van der Waals surface area contributed by atoms with Crippen molar-refractivity contribution in [3.8, 4) is 0 Å². The Kier molecular flexibility index (Phi) is 28.8. The lowest BCUT2D eigenvalue weighted by Gasteiger charge is -2.26. The lowest BCUT2D eigenvalue weighted by Crippen LogP contribution is -2.32. The topological polar surface area (TPSA) is 468 Å². The van der Waals surface area contributed by atoms with Crippen molar-refractivity contribution >= 4 is 86.9 Å². The molecule has 0 spiro atoms. The molecule has 4 aliphatic heterocycles. The van der Waals surface area contributed by atoms with E-state index in [0.29, 0.717) is 0 Å². The van der Waals surface area contributed by atoms with Crippen molar-refractivity contribution in [3.05, 3.63) is 185 Å². The van der Waals surface area contributed by atoms with Gasteiger partial charge in [0.25, 0.3) is 23.6 Å². The molecule has 0 aliphatic carbocycles. The second kappa shape index (κ2) is 34.9.